The molecule has 0 radical (unpaired) electrons. The van der Waals surface area contributed by atoms with Crippen LogP contribution in [0.15, 0.2) is 48.5 Å². The van der Waals surface area contributed by atoms with E-state index < -0.39 is 0 Å². The maximum Gasteiger partial charge on any atom is 0.232 e. The smallest absolute Gasteiger partial charge is 0.232 e. The molecule has 3 saturated heterocycles. The van der Waals surface area contributed by atoms with Crippen LogP contribution in [0.1, 0.15) is 61.1 Å². The molecule has 4 atom stereocenters. The van der Waals surface area contributed by atoms with Crippen LogP contribution in [0, 0.1) is 11.8 Å². The third kappa shape index (κ3) is 4.32. The second-order valence-electron chi connectivity index (χ2n) is 11.3. The van der Waals surface area contributed by atoms with Crippen LogP contribution in [-0.2, 0) is 21.4 Å². The van der Waals surface area contributed by atoms with Crippen LogP contribution in [-0.4, -0.2) is 49.7 Å². The first-order valence-electron chi connectivity index (χ1n) is 13.7. The van der Waals surface area contributed by atoms with Crippen molar-refractivity contribution in [3.8, 4) is 0 Å². The SMILES string of the molecule is O=C([C@@H]1C[NH2+]C[C@]12CCCc1cc(Cl)ccc12)N1CC[C@@H](c2ccccc2)C[C@H]1C1CCOCC1. The molecule has 0 aromatic heterocycles. The molecular weight excluding hydrogens is 456 g/mol. The Bertz CT molecular complexity index is 1050. The molecular formula is C30H38ClN2O2+. The summed E-state index contributed by atoms with van der Waals surface area (Å²) in [7, 11) is 0. The van der Waals surface area contributed by atoms with Crippen molar-refractivity contribution in [1.82, 2.24) is 4.90 Å². The van der Waals surface area contributed by atoms with Gasteiger partial charge < -0.3 is 15.0 Å². The van der Waals surface area contributed by atoms with Gasteiger partial charge in [-0.25, -0.2) is 0 Å². The number of piperidine rings is 1. The third-order valence-electron chi connectivity index (χ3n) is 9.56. The van der Waals surface area contributed by atoms with Gasteiger partial charge in [0.2, 0.25) is 5.91 Å². The Morgan fingerprint density at radius 1 is 1.09 bits per heavy atom. The molecule has 4 nitrogen and oxygen atoms in total. The molecule has 6 rings (SSSR count). The summed E-state index contributed by atoms with van der Waals surface area (Å²) in [5.74, 6) is 1.54. The zero-order chi connectivity index (χ0) is 23.8. The number of carbonyl (C=O) groups excluding carboxylic acids is 1. The quantitative estimate of drug-likeness (QED) is 0.692. The van der Waals surface area contributed by atoms with E-state index in [4.69, 9.17) is 16.3 Å². The van der Waals surface area contributed by atoms with Gasteiger partial charge in [-0.15, -0.1) is 0 Å². The van der Waals surface area contributed by atoms with Gasteiger partial charge in [-0.05, 0) is 85.6 Å². The van der Waals surface area contributed by atoms with E-state index in [1.165, 1.54) is 16.7 Å². The highest BCUT2D eigenvalue weighted by Crippen LogP contribution is 2.46. The average Bonchev–Trinajstić information content (AvgIpc) is 3.32. The first-order chi connectivity index (χ1) is 17.2. The van der Waals surface area contributed by atoms with Crippen molar-refractivity contribution in [3.05, 3.63) is 70.2 Å². The number of hydrogen-bond acceptors (Lipinski definition) is 2. The molecule has 2 aromatic carbocycles. The molecule has 35 heavy (non-hydrogen) atoms. The maximum atomic E-state index is 14.5. The standard InChI is InChI=1S/C30H37ClN2O2/c31-25-8-9-26-24(17-25)7-4-13-30(26)20-32-19-27(30)29(34)33-14-10-23(21-5-2-1-3-6-21)18-28(33)22-11-15-35-16-12-22/h1-3,5-6,8-9,17,22-23,27-28,32H,4,7,10-16,18-20H2/p+1/t23-,27+,28+,30+/m1/s1. The Labute approximate surface area is 214 Å². The molecule has 2 aromatic rings. The van der Waals surface area contributed by atoms with E-state index in [1.54, 1.807) is 0 Å². The fourth-order valence-electron chi connectivity index (χ4n) is 7.82. The highest BCUT2D eigenvalue weighted by molar-refractivity contribution is 6.30. The number of aryl methyl sites for hydroxylation is 1. The minimum atomic E-state index is -0.0498. The van der Waals surface area contributed by atoms with Gasteiger partial charge in [-0.2, -0.15) is 0 Å². The third-order valence-corrected chi connectivity index (χ3v) is 9.79. The van der Waals surface area contributed by atoms with Crippen molar-refractivity contribution in [1.29, 1.82) is 0 Å². The van der Waals surface area contributed by atoms with Crippen molar-refractivity contribution in [3.63, 3.8) is 0 Å². The molecule has 4 aliphatic rings. The maximum absolute atomic E-state index is 14.5. The van der Waals surface area contributed by atoms with Gasteiger partial charge in [-0.3, -0.25) is 4.79 Å². The van der Waals surface area contributed by atoms with Gasteiger partial charge in [0.1, 0.15) is 5.92 Å². The van der Waals surface area contributed by atoms with Crippen molar-refractivity contribution >= 4 is 17.5 Å². The number of hydrogen-bond donors (Lipinski definition) is 1. The number of carbonyl (C=O) groups is 1. The Kier molecular flexibility index (Phi) is 6.64. The van der Waals surface area contributed by atoms with E-state index in [2.05, 4.69) is 52.7 Å². The lowest BCUT2D eigenvalue weighted by Crippen LogP contribution is -2.82. The van der Waals surface area contributed by atoms with Crippen LogP contribution in [0.25, 0.3) is 0 Å². The summed E-state index contributed by atoms with van der Waals surface area (Å²) in [6, 6.07) is 17.7. The Morgan fingerprint density at radius 2 is 1.91 bits per heavy atom. The largest absolute Gasteiger partial charge is 0.381 e. The fourth-order valence-corrected chi connectivity index (χ4v) is 8.01. The first-order valence-corrected chi connectivity index (χ1v) is 14.1. The molecule has 0 unspecified atom stereocenters. The molecule has 3 heterocycles. The van der Waals surface area contributed by atoms with E-state index in [-0.39, 0.29) is 11.3 Å². The number of rotatable bonds is 3. The Hall–Kier alpha value is -1.88. The van der Waals surface area contributed by atoms with Crippen molar-refractivity contribution in [2.75, 3.05) is 32.8 Å². The van der Waals surface area contributed by atoms with E-state index in [0.717, 1.165) is 82.8 Å². The summed E-state index contributed by atoms with van der Waals surface area (Å²) in [5, 5.41) is 3.21. The average molecular weight is 494 g/mol. The molecule has 0 bridgehead atoms. The molecule has 186 valence electrons. The lowest BCUT2D eigenvalue weighted by molar-refractivity contribution is -0.640. The molecule has 3 fully saturated rings. The van der Waals surface area contributed by atoms with E-state index in [0.29, 0.717) is 23.8 Å². The number of ether oxygens (including phenoxy) is 1. The topological polar surface area (TPSA) is 46.2 Å². The molecule has 0 saturated carbocycles. The van der Waals surface area contributed by atoms with E-state index >= 15 is 0 Å². The zero-order valence-corrected chi connectivity index (χ0v) is 21.4. The van der Waals surface area contributed by atoms with Crippen LogP contribution < -0.4 is 5.32 Å². The second-order valence-corrected chi connectivity index (χ2v) is 11.7. The summed E-state index contributed by atoms with van der Waals surface area (Å²) in [5.41, 5.74) is 4.13. The monoisotopic (exact) mass is 493 g/mol. The molecule has 1 aliphatic carbocycles. The van der Waals surface area contributed by atoms with Crippen molar-refractivity contribution in [2.24, 2.45) is 11.8 Å². The lowest BCUT2D eigenvalue weighted by atomic mass is 9.64. The van der Waals surface area contributed by atoms with Gasteiger partial charge in [0, 0.05) is 30.8 Å². The lowest BCUT2D eigenvalue weighted by Gasteiger charge is -2.47. The zero-order valence-electron chi connectivity index (χ0n) is 20.6. The predicted octanol–water partition coefficient (Wildman–Crippen LogP) is 4.31. The van der Waals surface area contributed by atoms with E-state index in [9.17, 15) is 4.79 Å². The van der Waals surface area contributed by atoms with Gasteiger partial charge in [-0.1, -0.05) is 48.0 Å². The highest BCUT2D eigenvalue weighted by atomic mass is 35.5. The fraction of sp³-hybridized carbons (Fsp3) is 0.567. The Balaban J connectivity index is 1.30. The van der Waals surface area contributed by atoms with E-state index in [1.807, 2.05) is 6.07 Å². The highest BCUT2D eigenvalue weighted by Gasteiger charge is 2.55. The summed E-state index contributed by atoms with van der Waals surface area (Å²) < 4.78 is 5.72. The number of benzene rings is 2. The normalized spacial score (nSPS) is 31.5. The van der Waals surface area contributed by atoms with Gasteiger partial charge >= 0.3 is 0 Å². The number of fused-ring (bicyclic) bond motifs is 2. The van der Waals surface area contributed by atoms with Gasteiger partial charge in [0.05, 0.1) is 18.5 Å². The van der Waals surface area contributed by atoms with Crippen molar-refractivity contribution < 1.29 is 14.8 Å². The van der Waals surface area contributed by atoms with Crippen molar-refractivity contribution in [2.45, 2.75) is 62.3 Å². The summed E-state index contributed by atoms with van der Waals surface area (Å²) >= 11 is 6.37. The number of nitrogens with zero attached hydrogens (tertiary/aromatic N) is 1. The first kappa shape index (κ1) is 23.5. The number of quaternary nitrogens is 1. The molecule has 2 N–H and O–H groups in total. The van der Waals surface area contributed by atoms with Crippen LogP contribution in [0.5, 0.6) is 0 Å². The summed E-state index contributed by atoms with van der Waals surface area (Å²) in [6.45, 7) is 4.45. The molecule has 1 amide bonds. The number of nitrogens with two attached hydrogens (primary N) is 1. The van der Waals surface area contributed by atoms with Crippen LogP contribution in [0.3, 0.4) is 0 Å². The molecule has 5 heteroatoms. The van der Waals surface area contributed by atoms with Gasteiger partial charge in [0.25, 0.3) is 0 Å². The van der Waals surface area contributed by atoms with Crippen LogP contribution >= 0.6 is 11.6 Å². The minimum Gasteiger partial charge on any atom is -0.381 e. The molecule has 3 aliphatic heterocycles. The summed E-state index contributed by atoms with van der Waals surface area (Å²) in [6.07, 6.45) is 7.60. The van der Waals surface area contributed by atoms with Crippen LogP contribution in [0.2, 0.25) is 5.02 Å². The van der Waals surface area contributed by atoms with Crippen LogP contribution in [0.4, 0.5) is 0 Å². The molecule has 1 spiro atoms. The number of likely N-dealkylation sites (tertiary alicyclic amines) is 1. The number of halogens is 1. The van der Waals surface area contributed by atoms with Gasteiger partial charge in [0.15, 0.2) is 0 Å². The summed E-state index contributed by atoms with van der Waals surface area (Å²) in [4.78, 5) is 16.8. The number of amides is 1. The Morgan fingerprint density at radius 3 is 2.74 bits per heavy atom. The predicted molar refractivity (Wildman–Crippen MR) is 139 cm³/mol. The second kappa shape index (κ2) is 9.88. The minimum absolute atomic E-state index is 0.0498.